The maximum absolute atomic E-state index is 12.9. The number of carbonyl (C=O) groups is 1. The molecule has 0 saturated heterocycles. The molecule has 2 heterocycles. The van der Waals surface area contributed by atoms with Crippen LogP contribution in [-0.2, 0) is 24.3 Å². The van der Waals surface area contributed by atoms with Gasteiger partial charge in [0.25, 0.3) is 0 Å². The number of aromatic nitrogens is 3. The van der Waals surface area contributed by atoms with Crippen molar-refractivity contribution in [2.24, 2.45) is 0 Å². The largest absolute Gasteiger partial charge is 0.354 e. The van der Waals surface area contributed by atoms with Gasteiger partial charge in [0.2, 0.25) is 5.91 Å². The van der Waals surface area contributed by atoms with Gasteiger partial charge in [0.1, 0.15) is 6.54 Å². The molecule has 0 fully saturated rings. The quantitative estimate of drug-likeness (QED) is 0.446. The lowest BCUT2D eigenvalue weighted by Gasteiger charge is -2.14. The van der Waals surface area contributed by atoms with Gasteiger partial charge in [0.15, 0.2) is 5.65 Å². The van der Waals surface area contributed by atoms with Gasteiger partial charge in [-0.2, -0.15) is 0 Å². The van der Waals surface area contributed by atoms with Gasteiger partial charge < -0.3 is 5.32 Å². The fourth-order valence-electron chi connectivity index (χ4n) is 3.72. The van der Waals surface area contributed by atoms with Gasteiger partial charge in [-0.3, -0.25) is 23.5 Å². The number of carbonyl (C=O) groups excluding carboxylic acids is 1. The molecule has 7 nitrogen and oxygen atoms in total. The predicted octanol–water partition coefficient (Wildman–Crippen LogP) is 2.58. The lowest BCUT2D eigenvalue weighted by molar-refractivity contribution is -0.121. The first-order chi connectivity index (χ1) is 15.9. The minimum absolute atomic E-state index is 0.228. The molecule has 4 aromatic rings. The van der Waals surface area contributed by atoms with Crippen LogP contribution in [0.4, 0.5) is 0 Å². The van der Waals surface area contributed by atoms with Crippen LogP contribution in [0, 0.1) is 13.8 Å². The standard InChI is InChI=1S/C26H26N4O3/c1-18-5-9-20(10-6-18)13-15-27-23(31)17-29-22-4-3-14-28-24(22)30(26(33)25(29)32)16-21-11-7-19(2)8-12-21/h3-12,14H,13,15-17H2,1-2H3,(H,27,31). The average Bonchev–Trinajstić information content (AvgIpc) is 2.82. The zero-order valence-corrected chi connectivity index (χ0v) is 18.7. The number of pyridine rings is 1. The molecule has 1 amide bonds. The number of hydrogen-bond donors (Lipinski definition) is 1. The smallest absolute Gasteiger partial charge is 0.318 e. The third kappa shape index (κ3) is 5.09. The second-order valence-corrected chi connectivity index (χ2v) is 8.20. The van der Waals surface area contributed by atoms with Crippen molar-refractivity contribution < 1.29 is 4.79 Å². The molecular weight excluding hydrogens is 416 g/mol. The van der Waals surface area contributed by atoms with Crippen molar-refractivity contribution in [1.82, 2.24) is 19.4 Å². The van der Waals surface area contributed by atoms with Crippen LogP contribution in [-0.4, -0.2) is 26.6 Å². The van der Waals surface area contributed by atoms with Crippen LogP contribution in [0.25, 0.3) is 11.2 Å². The van der Waals surface area contributed by atoms with E-state index >= 15 is 0 Å². The molecule has 0 spiro atoms. The van der Waals surface area contributed by atoms with E-state index in [1.807, 2.05) is 62.4 Å². The molecule has 0 aliphatic heterocycles. The van der Waals surface area contributed by atoms with E-state index in [-0.39, 0.29) is 19.0 Å². The summed E-state index contributed by atoms with van der Waals surface area (Å²) in [5.74, 6) is -0.329. The zero-order valence-electron chi connectivity index (χ0n) is 18.7. The fraction of sp³-hybridized carbons (Fsp3) is 0.231. The summed E-state index contributed by atoms with van der Waals surface area (Å²) in [6.45, 7) is 4.44. The van der Waals surface area contributed by atoms with E-state index in [1.54, 1.807) is 18.3 Å². The number of hydrogen-bond acceptors (Lipinski definition) is 4. The van der Waals surface area contributed by atoms with Gasteiger partial charge in [-0.05, 0) is 43.5 Å². The van der Waals surface area contributed by atoms with E-state index in [2.05, 4.69) is 10.3 Å². The Balaban J connectivity index is 1.56. The van der Waals surface area contributed by atoms with Crippen LogP contribution < -0.4 is 16.4 Å². The summed E-state index contributed by atoms with van der Waals surface area (Å²) in [7, 11) is 0. The minimum atomic E-state index is -0.740. The Morgan fingerprint density at radius 1 is 0.848 bits per heavy atom. The molecule has 0 bridgehead atoms. The molecule has 0 radical (unpaired) electrons. The number of nitrogens with zero attached hydrogens (tertiary/aromatic N) is 3. The maximum atomic E-state index is 12.9. The fourth-order valence-corrected chi connectivity index (χ4v) is 3.72. The molecule has 1 N–H and O–H groups in total. The second kappa shape index (κ2) is 9.65. The first kappa shape index (κ1) is 22.2. The van der Waals surface area contributed by atoms with Crippen molar-refractivity contribution in [3.05, 3.63) is 110 Å². The molecule has 33 heavy (non-hydrogen) atoms. The molecule has 7 heteroatoms. The van der Waals surface area contributed by atoms with Crippen LogP contribution >= 0.6 is 0 Å². The molecule has 2 aromatic heterocycles. The van der Waals surface area contributed by atoms with Gasteiger partial charge in [-0.1, -0.05) is 59.7 Å². The van der Waals surface area contributed by atoms with Crippen molar-refractivity contribution in [2.45, 2.75) is 33.4 Å². The summed E-state index contributed by atoms with van der Waals surface area (Å²) in [6, 6.07) is 19.3. The van der Waals surface area contributed by atoms with Crippen molar-refractivity contribution in [3.8, 4) is 0 Å². The van der Waals surface area contributed by atoms with Crippen LogP contribution in [0.5, 0.6) is 0 Å². The molecule has 0 saturated carbocycles. The molecule has 0 aliphatic carbocycles. The van der Waals surface area contributed by atoms with Crippen molar-refractivity contribution in [2.75, 3.05) is 6.54 Å². The summed E-state index contributed by atoms with van der Waals surface area (Å²) in [5, 5.41) is 2.84. The molecule has 0 atom stereocenters. The molecule has 4 rings (SSSR count). The highest BCUT2D eigenvalue weighted by Crippen LogP contribution is 2.11. The third-order valence-corrected chi connectivity index (χ3v) is 5.61. The van der Waals surface area contributed by atoms with Crippen LogP contribution in [0.3, 0.4) is 0 Å². The van der Waals surface area contributed by atoms with E-state index in [0.717, 1.165) is 16.7 Å². The number of benzene rings is 2. The highest BCUT2D eigenvalue weighted by atomic mass is 16.2. The number of rotatable bonds is 7. The highest BCUT2D eigenvalue weighted by Gasteiger charge is 2.16. The SMILES string of the molecule is Cc1ccc(CCNC(=O)Cn2c(=O)c(=O)n(Cc3ccc(C)cc3)c3ncccc32)cc1. The lowest BCUT2D eigenvalue weighted by atomic mass is 10.1. The maximum Gasteiger partial charge on any atom is 0.318 e. The van der Waals surface area contributed by atoms with E-state index in [4.69, 9.17) is 0 Å². The molecular formula is C26H26N4O3. The molecule has 2 aromatic carbocycles. The van der Waals surface area contributed by atoms with E-state index in [1.165, 1.54) is 14.7 Å². The third-order valence-electron chi connectivity index (χ3n) is 5.61. The normalized spacial score (nSPS) is 11.0. The molecule has 168 valence electrons. The van der Waals surface area contributed by atoms with E-state index in [9.17, 15) is 14.4 Å². The first-order valence-corrected chi connectivity index (χ1v) is 10.9. The van der Waals surface area contributed by atoms with Crippen LogP contribution in [0.1, 0.15) is 22.3 Å². The second-order valence-electron chi connectivity index (χ2n) is 8.20. The number of fused-ring (bicyclic) bond motifs is 1. The zero-order chi connectivity index (χ0) is 23.4. The van der Waals surface area contributed by atoms with Crippen molar-refractivity contribution in [1.29, 1.82) is 0 Å². The Hall–Kier alpha value is -4.00. The Morgan fingerprint density at radius 2 is 1.45 bits per heavy atom. The van der Waals surface area contributed by atoms with E-state index in [0.29, 0.717) is 24.1 Å². The summed E-state index contributed by atoms with van der Waals surface area (Å²) in [5.41, 5.74) is 3.67. The predicted molar refractivity (Wildman–Crippen MR) is 128 cm³/mol. The lowest BCUT2D eigenvalue weighted by Crippen LogP contribution is -2.44. The number of aryl methyl sites for hydroxylation is 2. The first-order valence-electron chi connectivity index (χ1n) is 10.9. The number of amides is 1. The van der Waals surface area contributed by atoms with Crippen molar-refractivity contribution in [3.63, 3.8) is 0 Å². The topological polar surface area (TPSA) is 86.0 Å². The van der Waals surface area contributed by atoms with Gasteiger partial charge in [-0.15, -0.1) is 0 Å². The molecule has 0 aliphatic rings. The van der Waals surface area contributed by atoms with Crippen LogP contribution in [0.2, 0.25) is 0 Å². The van der Waals surface area contributed by atoms with Crippen LogP contribution in [0.15, 0.2) is 76.4 Å². The van der Waals surface area contributed by atoms with Gasteiger partial charge in [0.05, 0.1) is 12.1 Å². The Morgan fingerprint density at radius 3 is 2.12 bits per heavy atom. The summed E-state index contributed by atoms with van der Waals surface area (Å²) in [4.78, 5) is 42.8. The van der Waals surface area contributed by atoms with E-state index < -0.39 is 11.1 Å². The Kier molecular flexibility index (Phi) is 6.49. The Bertz CT molecular complexity index is 1400. The van der Waals surface area contributed by atoms with Crippen molar-refractivity contribution >= 4 is 17.1 Å². The molecule has 0 unspecified atom stereocenters. The van der Waals surface area contributed by atoms with Gasteiger partial charge >= 0.3 is 11.1 Å². The monoisotopic (exact) mass is 442 g/mol. The summed E-state index contributed by atoms with van der Waals surface area (Å²) in [6.07, 6.45) is 2.26. The number of nitrogens with one attached hydrogen (secondary N) is 1. The summed E-state index contributed by atoms with van der Waals surface area (Å²) < 4.78 is 2.58. The average molecular weight is 443 g/mol. The highest BCUT2D eigenvalue weighted by molar-refractivity contribution is 5.78. The Labute approximate surface area is 191 Å². The summed E-state index contributed by atoms with van der Waals surface area (Å²) >= 11 is 0. The van der Waals surface area contributed by atoms with Gasteiger partial charge in [0, 0.05) is 12.7 Å². The minimum Gasteiger partial charge on any atom is -0.354 e. The van der Waals surface area contributed by atoms with Gasteiger partial charge in [-0.25, -0.2) is 4.98 Å².